The normalized spacial score (nSPS) is 10.4. The molecular formula is C17H14O3. The summed E-state index contributed by atoms with van der Waals surface area (Å²) in [7, 11) is 1.60. The summed E-state index contributed by atoms with van der Waals surface area (Å²) in [5.74, 6) is 1.47. The second-order valence-corrected chi connectivity index (χ2v) is 4.41. The highest BCUT2D eigenvalue weighted by atomic mass is 16.5. The molecule has 3 aromatic rings. The number of phenolic OH excluding ortho intramolecular Hbond substituents is 1. The molecule has 0 radical (unpaired) electrons. The minimum Gasteiger partial charge on any atom is -0.507 e. The Morgan fingerprint density at radius 3 is 2.35 bits per heavy atom. The van der Waals surface area contributed by atoms with Gasteiger partial charge < -0.3 is 14.3 Å². The lowest BCUT2D eigenvalue weighted by Crippen LogP contribution is -1.88. The molecule has 0 fully saturated rings. The Hall–Kier alpha value is -2.68. The molecule has 0 bridgehead atoms. The fourth-order valence-electron chi connectivity index (χ4n) is 2.18. The van der Waals surface area contributed by atoms with Gasteiger partial charge in [-0.3, -0.25) is 0 Å². The number of furan rings is 1. The number of hydrogen-bond donors (Lipinski definition) is 1. The quantitative estimate of drug-likeness (QED) is 0.767. The lowest BCUT2D eigenvalue weighted by Gasteiger charge is -2.11. The van der Waals surface area contributed by atoms with Crippen molar-refractivity contribution in [1.29, 1.82) is 0 Å². The molecule has 20 heavy (non-hydrogen) atoms. The summed E-state index contributed by atoms with van der Waals surface area (Å²) in [6.45, 7) is 0. The van der Waals surface area contributed by atoms with Gasteiger partial charge in [-0.15, -0.1) is 0 Å². The predicted octanol–water partition coefficient (Wildman–Crippen LogP) is 4.33. The van der Waals surface area contributed by atoms with Gasteiger partial charge in [0.05, 0.1) is 18.9 Å². The van der Waals surface area contributed by atoms with Crippen LogP contribution < -0.4 is 4.74 Å². The third-order valence-electron chi connectivity index (χ3n) is 3.19. The summed E-state index contributed by atoms with van der Waals surface area (Å²) in [6, 6.07) is 16.9. The van der Waals surface area contributed by atoms with Crippen molar-refractivity contribution in [2.75, 3.05) is 7.11 Å². The maximum atomic E-state index is 10.5. The molecule has 0 aliphatic heterocycles. The van der Waals surface area contributed by atoms with Crippen LogP contribution in [-0.4, -0.2) is 12.2 Å². The Morgan fingerprint density at radius 2 is 1.70 bits per heavy atom. The summed E-state index contributed by atoms with van der Waals surface area (Å²) in [5, 5.41) is 10.5. The van der Waals surface area contributed by atoms with Crippen LogP contribution in [0.5, 0.6) is 11.5 Å². The topological polar surface area (TPSA) is 42.6 Å². The van der Waals surface area contributed by atoms with Gasteiger partial charge in [0.25, 0.3) is 0 Å². The Morgan fingerprint density at radius 1 is 0.950 bits per heavy atom. The molecule has 0 aliphatic rings. The van der Waals surface area contributed by atoms with E-state index in [1.54, 1.807) is 25.5 Å². The monoisotopic (exact) mass is 266 g/mol. The lowest BCUT2D eigenvalue weighted by molar-refractivity contribution is 0.412. The predicted molar refractivity (Wildman–Crippen MR) is 77.8 cm³/mol. The molecule has 0 saturated carbocycles. The van der Waals surface area contributed by atoms with E-state index in [1.807, 2.05) is 42.5 Å². The second-order valence-electron chi connectivity index (χ2n) is 4.41. The zero-order valence-corrected chi connectivity index (χ0v) is 11.0. The minimum atomic E-state index is 0.187. The van der Waals surface area contributed by atoms with E-state index in [-0.39, 0.29) is 5.75 Å². The van der Waals surface area contributed by atoms with Gasteiger partial charge in [0.1, 0.15) is 17.3 Å². The van der Waals surface area contributed by atoms with E-state index in [1.165, 1.54) is 0 Å². The van der Waals surface area contributed by atoms with Gasteiger partial charge >= 0.3 is 0 Å². The van der Waals surface area contributed by atoms with Gasteiger partial charge in [-0.2, -0.15) is 0 Å². The zero-order valence-electron chi connectivity index (χ0n) is 11.0. The summed E-state index contributed by atoms with van der Waals surface area (Å²) in [4.78, 5) is 0. The van der Waals surface area contributed by atoms with Crippen molar-refractivity contribution in [3.8, 4) is 33.9 Å². The van der Waals surface area contributed by atoms with E-state index in [9.17, 15) is 5.11 Å². The van der Waals surface area contributed by atoms with Crippen molar-refractivity contribution in [3.63, 3.8) is 0 Å². The largest absolute Gasteiger partial charge is 0.507 e. The standard InChI is InChI=1S/C17H14O3/c1-19-13-10-14(12-6-3-2-4-7-12)17(18)15(11-13)16-8-5-9-20-16/h2-11,18H,1H3. The maximum Gasteiger partial charge on any atom is 0.137 e. The van der Waals surface area contributed by atoms with Crippen LogP contribution >= 0.6 is 0 Å². The van der Waals surface area contributed by atoms with Gasteiger partial charge in [-0.25, -0.2) is 0 Å². The van der Waals surface area contributed by atoms with Crippen LogP contribution in [0.3, 0.4) is 0 Å². The van der Waals surface area contributed by atoms with E-state index >= 15 is 0 Å². The molecule has 0 unspecified atom stereocenters. The van der Waals surface area contributed by atoms with Gasteiger partial charge in [0, 0.05) is 5.56 Å². The third kappa shape index (κ3) is 2.14. The summed E-state index contributed by atoms with van der Waals surface area (Å²) in [5.41, 5.74) is 2.27. The molecule has 0 atom stereocenters. The van der Waals surface area contributed by atoms with Crippen molar-refractivity contribution >= 4 is 0 Å². The van der Waals surface area contributed by atoms with Gasteiger partial charge in [-0.05, 0) is 29.8 Å². The van der Waals surface area contributed by atoms with Crippen LogP contribution in [0.4, 0.5) is 0 Å². The van der Waals surface area contributed by atoms with Crippen LogP contribution in [-0.2, 0) is 0 Å². The summed E-state index contributed by atoms with van der Waals surface area (Å²) in [6.07, 6.45) is 1.58. The van der Waals surface area contributed by atoms with Crippen LogP contribution in [0.1, 0.15) is 0 Å². The average molecular weight is 266 g/mol. The Bertz CT molecular complexity index is 701. The van der Waals surface area contributed by atoms with Crippen molar-refractivity contribution in [3.05, 3.63) is 60.9 Å². The number of phenols is 1. The van der Waals surface area contributed by atoms with Crippen molar-refractivity contribution in [2.45, 2.75) is 0 Å². The number of benzene rings is 2. The van der Waals surface area contributed by atoms with Crippen molar-refractivity contribution in [1.82, 2.24) is 0 Å². The molecular weight excluding hydrogens is 252 g/mol. The van der Waals surface area contributed by atoms with Gasteiger partial charge in [0.2, 0.25) is 0 Å². The molecule has 1 heterocycles. The molecule has 100 valence electrons. The molecule has 3 nitrogen and oxygen atoms in total. The number of aromatic hydroxyl groups is 1. The molecule has 0 aliphatic carbocycles. The van der Waals surface area contributed by atoms with E-state index in [4.69, 9.17) is 9.15 Å². The van der Waals surface area contributed by atoms with Crippen LogP contribution in [0, 0.1) is 0 Å². The van der Waals surface area contributed by atoms with E-state index in [2.05, 4.69) is 0 Å². The smallest absolute Gasteiger partial charge is 0.137 e. The maximum absolute atomic E-state index is 10.5. The second kappa shape index (κ2) is 5.13. The first-order chi connectivity index (χ1) is 9.79. The Labute approximate surface area is 117 Å². The molecule has 2 aromatic carbocycles. The van der Waals surface area contributed by atoms with Crippen molar-refractivity contribution in [2.24, 2.45) is 0 Å². The van der Waals surface area contributed by atoms with Crippen LogP contribution in [0.2, 0.25) is 0 Å². The fourth-order valence-corrected chi connectivity index (χ4v) is 2.18. The molecule has 3 rings (SSSR count). The first-order valence-electron chi connectivity index (χ1n) is 6.30. The Kier molecular flexibility index (Phi) is 3.17. The summed E-state index contributed by atoms with van der Waals surface area (Å²) < 4.78 is 10.7. The number of ether oxygens (including phenoxy) is 1. The highest BCUT2D eigenvalue weighted by molar-refractivity contribution is 5.82. The average Bonchev–Trinajstić information content (AvgIpc) is 3.02. The van der Waals surface area contributed by atoms with Crippen LogP contribution in [0.25, 0.3) is 22.5 Å². The van der Waals surface area contributed by atoms with Crippen LogP contribution in [0.15, 0.2) is 65.3 Å². The SMILES string of the molecule is COc1cc(-c2ccccc2)c(O)c(-c2ccco2)c1. The van der Waals surface area contributed by atoms with E-state index < -0.39 is 0 Å². The van der Waals surface area contributed by atoms with Crippen molar-refractivity contribution < 1.29 is 14.3 Å². The molecule has 1 N–H and O–H groups in total. The molecule has 3 heteroatoms. The fraction of sp³-hybridized carbons (Fsp3) is 0.0588. The van der Waals surface area contributed by atoms with E-state index in [0.717, 1.165) is 11.1 Å². The van der Waals surface area contributed by atoms with E-state index in [0.29, 0.717) is 17.1 Å². The minimum absolute atomic E-state index is 0.187. The number of rotatable bonds is 3. The number of methoxy groups -OCH3 is 1. The molecule has 0 spiro atoms. The first kappa shape index (κ1) is 12.4. The van der Waals surface area contributed by atoms with Gasteiger partial charge in [0.15, 0.2) is 0 Å². The molecule has 0 amide bonds. The summed E-state index contributed by atoms with van der Waals surface area (Å²) >= 11 is 0. The highest BCUT2D eigenvalue weighted by Crippen LogP contribution is 2.41. The first-order valence-corrected chi connectivity index (χ1v) is 6.30. The lowest BCUT2D eigenvalue weighted by atomic mass is 9.99. The molecule has 0 saturated heterocycles. The van der Waals surface area contributed by atoms with Gasteiger partial charge in [-0.1, -0.05) is 30.3 Å². The molecule has 1 aromatic heterocycles. The number of hydrogen-bond acceptors (Lipinski definition) is 3. The zero-order chi connectivity index (χ0) is 13.9. The Balaban J connectivity index is 2.23. The highest BCUT2D eigenvalue weighted by Gasteiger charge is 2.15. The third-order valence-corrected chi connectivity index (χ3v) is 3.19.